The van der Waals surface area contributed by atoms with E-state index in [0.717, 1.165) is 11.1 Å². The van der Waals surface area contributed by atoms with Gasteiger partial charge in [0.05, 0.1) is 16.5 Å². The monoisotopic (exact) mass is 427 g/mol. The van der Waals surface area contributed by atoms with Crippen LogP contribution < -0.4 is 11.1 Å². The van der Waals surface area contributed by atoms with Gasteiger partial charge in [0, 0.05) is 24.7 Å². The van der Waals surface area contributed by atoms with Crippen molar-refractivity contribution in [2.24, 2.45) is 0 Å². The number of non-ortho nitro benzene ring substituents is 1. The number of hydrogen-bond donors (Lipinski definition) is 1. The van der Waals surface area contributed by atoms with E-state index in [1.165, 1.54) is 22.8 Å². The van der Waals surface area contributed by atoms with Crippen molar-refractivity contribution in [3.05, 3.63) is 68.2 Å². The molecule has 3 rings (SSSR count). The Hall–Kier alpha value is -3.95. The molecule has 0 bridgehead atoms. The van der Waals surface area contributed by atoms with Crippen LogP contribution in [0, 0.1) is 24.0 Å². The third kappa shape index (κ3) is 5.35. The molecular formula is C21H21N3O7. The van der Waals surface area contributed by atoms with Crippen LogP contribution in [-0.2, 0) is 20.9 Å². The minimum Gasteiger partial charge on any atom is -0.456 e. The first-order chi connectivity index (χ1) is 14.7. The number of carbonyl (C=O) groups is 2. The molecule has 1 N–H and O–H groups in total. The average Bonchev–Trinajstić information content (AvgIpc) is 3.03. The molecule has 31 heavy (non-hydrogen) atoms. The summed E-state index contributed by atoms with van der Waals surface area (Å²) in [4.78, 5) is 46.1. The molecule has 162 valence electrons. The number of esters is 1. The van der Waals surface area contributed by atoms with Crippen molar-refractivity contribution in [2.75, 3.05) is 11.9 Å². The van der Waals surface area contributed by atoms with Gasteiger partial charge < -0.3 is 14.5 Å². The SMILES string of the molecule is Cc1ccc(NC(=O)COC(=O)CCCn2c(=O)oc3cc([N+](=O)[O-])ccc32)cc1C. The fourth-order valence-electron chi connectivity index (χ4n) is 3.00. The molecule has 2 aromatic carbocycles. The van der Waals surface area contributed by atoms with Gasteiger partial charge in [0.25, 0.3) is 11.6 Å². The van der Waals surface area contributed by atoms with Crippen LogP contribution in [0.4, 0.5) is 11.4 Å². The van der Waals surface area contributed by atoms with E-state index < -0.39 is 29.2 Å². The van der Waals surface area contributed by atoms with Gasteiger partial charge in [0.2, 0.25) is 0 Å². The van der Waals surface area contributed by atoms with Crippen LogP contribution in [0.15, 0.2) is 45.6 Å². The molecule has 1 aromatic heterocycles. The lowest BCUT2D eigenvalue weighted by Crippen LogP contribution is -2.21. The number of amides is 1. The first-order valence-corrected chi connectivity index (χ1v) is 9.55. The first kappa shape index (κ1) is 21.8. The Morgan fingerprint density at radius 1 is 1.16 bits per heavy atom. The summed E-state index contributed by atoms with van der Waals surface area (Å²) >= 11 is 0. The lowest BCUT2D eigenvalue weighted by atomic mass is 10.1. The van der Waals surface area contributed by atoms with Crippen LogP contribution in [0.3, 0.4) is 0 Å². The standard InChI is InChI=1S/C21H21N3O7/c1-13-5-6-15(10-14(13)2)22-19(25)12-30-20(26)4-3-9-23-17-8-7-16(24(28)29)11-18(17)31-21(23)27/h5-8,10-11H,3-4,9,12H2,1-2H3,(H,22,25). The third-order valence-electron chi connectivity index (χ3n) is 4.78. The van der Waals surface area contributed by atoms with Crippen LogP contribution >= 0.6 is 0 Å². The van der Waals surface area contributed by atoms with E-state index in [1.807, 2.05) is 26.0 Å². The van der Waals surface area contributed by atoms with Crippen molar-refractivity contribution in [1.82, 2.24) is 4.57 Å². The Bertz CT molecular complexity index is 1210. The van der Waals surface area contributed by atoms with Gasteiger partial charge in [-0.25, -0.2) is 4.79 Å². The van der Waals surface area contributed by atoms with E-state index in [-0.39, 0.29) is 30.7 Å². The number of nitro benzene ring substituents is 1. The maximum atomic E-state index is 12.0. The number of aryl methyl sites for hydroxylation is 3. The summed E-state index contributed by atoms with van der Waals surface area (Å²) < 4.78 is 11.3. The van der Waals surface area contributed by atoms with E-state index in [4.69, 9.17) is 9.15 Å². The molecule has 0 radical (unpaired) electrons. The quantitative estimate of drug-likeness (QED) is 0.332. The van der Waals surface area contributed by atoms with Gasteiger partial charge in [-0.3, -0.25) is 24.3 Å². The Labute approximate surface area is 176 Å². The molecule has 1 amide bonds. The van der Waals surface area contributed by atoms with Gasteiger partial charge in [0.1, 0.15) is 0 Å². The molecule has 0 aliphatic heterocycles. The lowest BCUT2D eigenvalue weighted by Gasteiger charge is -2.08. The van der Waals surface area contributed by atoms with Crippen LogP contribution in [0.25, 0.3) is 11.1 Å². The zero-order valence-corrected chi connectivity index (χ0v) is 17.0. The Kier molecular flexibility index (Phi) is 6.49. The second-order valence-corrected chi connectivity index (χ2v) is 7.04. The minimum atomic E-state index is -0.670. The number of nitrogens with zero attached hydrogens (tertiary/aromatic N) is 2. The third-order valence-corrected chi connectivity index (χ3v) is 4.78. The lowest BCUT2D eigenvalue weighted by molar-refractivity contribution is -0.384. The van der Waals surface area contributed by atoms with Gasteiger partial charge in [-0.1, -0.05) is 6.07 Å². The predicted octanol–water partition coefficient (Wildman–Crippen LogP) is 3.08. The molecule has 0 unspecified atom stereocenters. The second-order valence-electron chi connectivity index (χ2n) is 7.04. The topological polar surface area (TPSA) is 134 Å². The molecule has 0 aliphatic carbocycles. The number of oxazole rings is 1. The summed E-state index contributed by atoms with van der Waals surface area (Å²) in [7, 11) is 0. The normalized spacial score (nSPS) is 10.8. The highest BCUT2D eigenvalue weighted by Gasteiger charge is 2.15. The Morgan fingerprint density at radius 3 is 2.65 bits per heavy atom. The van der Waals surface area contributed by atoms with Crippen LogP contribution in [-0.4, -0.2) is 28.0 Å². The average molecular weight is 427 g/mol. The van der Waals surface area contributed by atoms with Gasteiger partial charge in [0.15, 0.2) is 12.2 Å². The second kappa shape index (κ2) is 9.24. The zero-order chi connectivity index (χ0) is 22.5. The van der Waals surface area contributed by atoms with Crippen molar-refractivity contribution in [2.45, 2.75) is 33.2 Å². The molecule has 0 spiro atoms. The molecule has 0 fully saturated rings. The summed E-state index contributed by atoms with van der Waals surface area (Å²) in [6, 6.07) is 9.36. The molecule has 0 saturated heterocycles. The number of benzene rings is 2. The summed E-state index contributed by atoms with van der Waals surface area (Å²) in [6.07, 6.45) is 0.256. The van der Waals surface area contributed by atoms with Crippen molar-refractivity contribution in [3.8, 4) is 0 Å². The number of nitrogens with one attached hydrogen (secondary N) is 1. The Balaban J connectivity index is 1.48. The molecule has 3 aromatic rings. The summed E-state index contributed by atoms with van der Waals surface area (Å²) in [5.41, 5.74) is 3.08. The van der Waals surface area contributed by atoms with Gasteiger partial charge in [-0.15, -0.1) is 0 Å². The maximum Gasteiger partial charge on any atom is 0.419 e. The van der Waals surface area contributed by atoms with E-state index in [1.54, 1.807) is 6.07 Å². The fraction of sp³-hybridized carbons (Fsp3) is 0.286. The molecule has 0 atom stereocenters. The predicted molar refractivity (Wildman–Crippen MR) is 112 cm³/mol. The van der Waals surface area contributed by atoms with Crippen LogP contribution in [0.2, 0.25) is 0 Å². The largest absolute Gasteiger partial charge is 0.456 e. The van der Waals surface area contributed by atoms with Gasteiger partial charge in [-0.2, -0.15) is 0 Å². The van der Waals surface area contributed by atoms with Crippen LogP contribution in [0.1, 0.15) is 24.0 Å². The number of hydrogen-bond acceptors (Lipinski definition) is 7. The number of nitro groups is 1. The number of carbonyl (C=O) groups excluding carboxylic acids is 2. The van der Waals surface area contributed by atoms with Gasteiger partial charge >= 0.3 is 11.7 Å². The van der Waals surface area contributed by atoms with Crippen LogP contribution in [0.5, 0.6) is 0 Å². The number of ether oxygens (including phenoxy) is 1. The van der Waals surface area contributed by atoms with Crippen molar-refractivity contribution >= 4 is 34.4 Å². The molecule has 0 saturated carbocycles. The summed E-state index contributed by atoms with van der Waals surface area (Å²) in [5, 5.41) is 13.5. The first-order valence-electron chi connectivity index (χ1n) is 9.55. The van der Waals surface area contributed by atoms with Crippen molar-refractivity contribution in [3.63, 3.8) is 0 Å². The highest BCUT2D eigenvalue weighted by molar-refractivity contribution is 5.92. The van der Waals surface area contributed by atoms with Crippen molar-refractivity contribution < 1.29 is 23.7 Å². The number of fused-ring (bicyclic) bond motifs is 1. The minimum absolute atomic E-state index is 0.0109. The highest BCUT2D eigenvalue weighted by Crippen LogP contribution is 2.20. The van der Waals surface area contributed by atoms with Gasteiger partial charge in [-0.05, 0) is 49.6 Å². The molecule has 1 heterocycles. The molecule has 0 aliphatic rings. The number of rotatable bonds is 8. The van der Waals surface area contributed by atoms with Crippen molar-refractivity contribution in [1.29, 1.82) is 0 Å². The fourth-order valence-corrected chi connectivity index (χ4v) is 3.00. The van der Waals surface area contributed by atoms with E-state index in [0.29, 0.717) is 11.2 Å². The maximum absolute atomic E-state index is 12.0. The number of anilines is 1. The van der Waals surface area contributed by atoms with E-state index in [9.17, 15) is 24.5 Å². The Morgan fingerprint density at radius 2 is 1.94 bits per heavy atom. The summed E-state index contributed by atoms with van der Waals surface area (Å²) in [5.74, 6) is -1.70. The zero-order valence-electron chi connectivity index (χ0n) is 17.0. The summed E-state index contributed by atoms with van der Waals surface area (Å²) in [6.45, 7) is 3.64. The molecular weight excluding hydrogens is 406 g/mol. The molecule has 10 nitrogen and oxygen atoms in total. The van der Waals surface area contributed by atoms with E-state index >= 15 is 0 Å². The molecule has 10 heteroatoms. The highest BCUT2D eigenvalue weighted by atomic mass is 16.6. The van der Waals surface area contributed by atoms with E-state index in [2.05, 4.69) is 5.32 Å². The smallest absolute Gasteiger partial charge is 0.419 e. The number of aromatic nitrogens is 1.